The van der Waals surface area contributed by atoms with E-state index < -0.39 is 0 Å². The summed E-state index contributed by atoms with van der Waals surface area (Å²) >= 11 is 1.31. The number of aromatic amines is 1. The zero-order chi connectivity index (χ0) is 22.6. The van der Waals surface area contributed by atoms with Gasteiger partial charge in [-0.3, -0.25) is 14.8 Å². The number of hydrogen-bond donors (Lipinski definition) is 1. The topological polar surface area (TPSA) is 80.3 Å². The van der Waals surface area contributed by atoms with Crippen LogP contribution in [0.1, 0.15) is 11.6 Å². The molecular formula is C25H22N4O3S. The predicted molar refractivity (Wildman–Crippen MR) is 128 cm³/mol. The second kappa shape index (κ2) is 9.38. The zero-order valence-corrected chi connectivity index (χ0v) is 18.8. The van der Waals surface area contributed by atoms with Crippen LogP contribution >= 0.6 is 11.8 Å². The molecule has 0 radical (unpaired) electrons. The molecule has 3 aromatic carbocycles. The molecule has 166 valence electrons. The number of anilines is 1. The molecule has 1 aromatic heterocycles. The third-order valence-electron chi connectivity index (χ3n) is 5.44. The molecular weight excluding hydrogens is 436 g/mol. The fourth-order valence-corrected chi connectivity index (χ4v) is 4.46. The predicted octanol–water partition coefficient (Wildman–Crippen LogP) is 4.74. The van der Waals surface area contributed by atoms with Crippen molar-refractivity contribution in [2.24, 2.45) is 0 Å². The van der Waals surface area contributed by atoms with Gasteiger partial charge < -0.3 is 9.47 Å². The minimum atomic E-state index is -0.198. The van der Waals surface area contributed by atoms with Crippen molar-refractivity contribution in [3.63, 3.8) is 0 Å². The number of ether oxygens (including phenoxy) is 2. The lowest BCUT2D eigenvalue weighted by atomic mass is 10.0. The van der Waals surface area contributed by atoms with Crippen molar-refractivity contribution in [3.8, 4) is 22.9 Å². The average molecular weight is 459 g/mol. The van der Waals surface area contributed by atoms with E-state index >= 15 is 0 Å². The zero-order valence-electron chi connectivity index (χ0n) is 18.0. The van der Waals surface area contributed by atoms with E-state index in [0.29, 0.717) is 23.3 Å². The van der Waals surface area contributed by atoms with Gasteiger partial charge in [-0.05, 0) is 42.0 Å². The third-order valence-corrected chi connectivity index (χ3v) is 6.27. The maximum absolute atomic E-state index is 13.4. The summed E-state index contributed by atoms with van der Waals surface area (Å²) in [5, 5.41) is 7.74. The molecule has 4 aromatic rings. The van der Waals surface area contributed by atoms with Gasteiger partial charge in [-0.1, -0.05) is 54.2 Å². The summed E-state index contributed by atoms with van der Waals surface area (Å²) < 4.78 is 11.2. The first-order chi connectivity index (χ1) is 16.2. The van der Waals surface area contributed by atoms with E-state index in [1.165, 1.54) is 11.8 Å². The van der Waals surface area contributed by atoms with Gasteiger partial charge >= 0.3 is 0 Å². The number of amides is 1. The number of carbonyl (C=O) groups excluding carboxylic acids is 1. The van der Waals surface area contributed by atoms with E-state index in [1.807, 2.05) is 83.8 Å². The van der Waals surface area contributed by atoms with Crippen LogP contribution in [0.2, 0.25) is 0 Å². The molecule has 1 N–H and O–H groups in total. The lowest BCUT2D eigenvalue weighted by molar-refractivity contribution is -0.117. The standard InChI is InChI=1S/C25H22N4O3S/c1-31-19-13-11-18(12-14-19)24-26-25(28-27-24)33-16-23(30)29-20-9-5-6-10-22(20)32-15-21(29)17-7-3-2-4-8-17/h2-14,21H,15-16H2,1H3,(H,26,27,28)/t21-/m1/s1. The van der Waals surface area contributed by atoms with Crippen LogP contribution in [0, 0.1) is 0 Å². The highest BCUT2D eigenvalue weighted by atomic mass is 32.2. The molecule has 1 aliphatic rings. The molecule has 1 aliphatic heterocycles. The Kier molecular flexibility index (Phi) is 5.99. The van der Waals surface area contributed by atoms with Crippen molar-refractivity contribution in [1.82, 2.24) is 15.2 Å². The molecule has 7 nitrogen and oxygen atoms in total. The van der Waals surface area contributed by atoms with Crippen molar-refractivity contribution in [2.45, 2.75) is 11.2 Å². The van der Waals surface area contributed by atoms with Crippen molar-refractivity contribution in [2.75, 3.05) is 24.4 Å². The lowest BCUT2D eigenvalue weighted by Crippen LogP contribution is -2.42. The molecule has 0 fully saturated rings. The van der Waals surface area contributed by atoms with Gasteiger partial charge in [0.15, 0.2) is 5.82 Å². The summed E-state index contributed by atoms with van der Waals surface area (Å²) in [5.74, 6) is 2.31. The van der Waals surface area contributed by atoms with E-state index in [4.69, 9.17) is 9.47 Å². The summed E-state index contributed by atoms with van der Waals surface area (Å²) in [7, 11) is 1.63. The maximum Gasteiger partial charge on any atom is 0.238 e. The van der Waals surface area contributed by atoms with Gasteiger partial charge in [-0.25, -0.2) is 4.98 Å². The molecule has 1 amide bonds. The molecule has 0 aliphatic carbocycles. The number of para-hydroxylation sites is 2. The summed E-state index contributed by atoms with van der Waals surface area (Å²) in [6.07, 6.45) is 0. The first-order valence-corrected chi connectivity index (χ1v) is 11.5. The Balaban J connectivity index is 1.34. The first-order valence-electron chi connectivity index (χ1n) is 10.5. The van der Waals surface area contributed by atoms with Gasteiger partial charge in [0.1, 0.15) is 18.1 Å². The van der Waals surface area contributed by atoms with Crippen molar-refractivity contribution >= 4 is 23.4 Å². The fourth-order valence-electron chi connectivity index (χ4n) is 3.80. The quantitative estimate of drug-likeness (QED) is 0.421. The van der Waals surface area contributed by atoms with Crippen molar-refractivity contribution in [3.05, 3.63) is 84.4 Å². The Morgan fingerprint density at radius 1 is 1.09 bits per heavy atom. The summed E-state index contributed by atoms with van der Waals surface area (Å²) in [4.78, 5) is 19.8. The minimum absolute atomic E-state index is 0.0274. The van der Waals surface area contributed by atoms with Crippen LogP contribution in [0.5, 0.6) is 11.5 Å². The number of carbonyl (C=O) groups is 1. The molecule has 0 spiro atoms. The number of fused-ring (bicyclic) bond motifs is 1. The number of aromatic nitrogens is 3. The van der Waals surface area contributed by atoms with Crippen LogP contribution in [-0.2, 0) is 4.79 Å². The van der Waals surface area contributed by atoms with Gasteiger partial charge in [0.05, 0.1) is 24.6 Å². The van der Waals surface area contributed by atoms with E-state index in [2.05, 4.69) is 15.2 Å². The van der Waals surface area contributed by atoms with E-state index in [0.717, 1.165) is 22.6 Å². The monoisotopic (exact) mass is 458 g/mol. The minimum Gasteiger partial charge on any atom is -0.497 e. The number of nitrogens with one attached hydrogen (secondary N) is 1. The molecule has 0 saturated heterocycles. The first kappa shape index (κ1) is 21.1. The number of methoxy groups -OCH3 is 1. The van der Waals surface area contributed by atoms with Gasteiger partial charge in [-0.15, -0.1) is 5.10 Å². The molecule has 0 saturated carbocycles. The number of H-pyrrole nitrogens is 1. The normalized spacial score (nSPS) is 14.9. The molecule has 0 bridgehead atoms. The van der Waals surface area contributed by atoms with Crippen LogP contribution < -0.4 is 14.4 Å². The van der Waals surface area contributed by atoms with Gasteiger partial charge in [-0.2, -0.15) is 0 Å². The van der Waals surface area contributed by atoms with Gasteiger partial charge in [0, 0.05) is 5.56 Å². The highest BCUT2D eigenvalue weighted by Crippen LogP contribution is 2.39. The van der Waals surface area contributed by atoms with Crippen LogP contribution in [-0.4, -0.2) is 40.6 Å². The Bertz CT molecular complexity index is 1240. The number of hydrogen-bond acceptors (Lipinski definition) is 6. The molecule has 0 unspecified atom stereocenters. The number of nitrogens with zero attached hydrogens (tertiary/aromatic N) is 3. The van der Waals surface area contributed by atoms with Crippen LogP contribution in [0.4, 0.5) is 5.69 Å². The molecule has 5 rings (SSSR count). The highest BCUT2D eigenvalue weighted by molar-refractivity contribution is 7.99. The smallest absolute Gasteiger partial charge is 0.238 e. The van der Waals surface area contributed by atoms with Crippen molar-refractivity contribution in [1.29, 1.82) is 0 Å². The molecule has 2 heterocycles. The largest absolute Gasteiger partial charge is 0.497 e. The van der Waals surface area contributed by atoms with E-state index in [1.54, 1.807) is 7.11 Å². The Morgan fingerprint density at radius 3 is 2.64 bits per heavy atom. The number of thioether (sulfide) groups is 1. The number of rotatable bonds is 6. The Labute approximate surface area is 195 Å². The van der Waals surface area contributed by atoms with Crippen LogP contribution in [0.15, 0.2) is 84.0 Å². The molecule has 8 heteroatoms. The molecule has 33 heavy (non-hydrogen) atoms. The van der Waals surface area contributed by atoms with Gasteiger partial charge in [0.2, 0.25) is 11.1 Å². The Hall–Kier alpha value is -3.78. The van der Waals surface area contributed by atoms with Gasteiger partial charge in [0.25, 0.3) is 0 Å². The highest BCUT2D eigenvalue weighted by Gasteiger charge is 2.33. The maximum atomic E-state index is 13.4. The summed E-state index contributed by atoms with van der Waals surface area (Å²) in [6, 6.07) is 24.9. The summed E-state index contributed by atoms with van der Waals surface area (Å²) in [6.45, 7) is 0.402. The third kappa shape index (κ3) is 4.42. The second-order valence-corrected chi connectivity index (χ2v) is 8.40. The van der Waals surface area contributed by atoms with Crippen LogP contribution in [0.3, 0.4) is 0 Å². The number of benzene rings is 3. The fraction of sp³-hybridized carbons (Fsp3) is 0.160. The summed E-state index contributed by atoms with van der Waals surface area (Å²) in [5.41, 5.74) is 2.70. The molecule has 1 atom stereocenters. The van der Waals surface area contributed by atoms with E-state index in [-0.39, 0.29) is 17.7 Å². The van der Waals surface area contributed by atoms with Crippen LogP contribution in [0.25, 0.3) is 11.4 Å². The second-order valence-electron chi connectivity index (χ2n) is 7.45. The SMILES string of the molecule is COc1ccc(-c2nc(SCC(=O)N3c4ccccc4OC[C@@H]3c3ccccc3)n[nH]2)cc1. The van der Waals surface area contributed by atoms with E-state index in [9.17, 15) is 4.79 Å². The Morgan fingerprint density at radius 2 is 1.85 bits per heavy atom. The average Bonchev–Trinajstić information content (AvgIpc) is 3.36. The lowest BCUT2D eigenvalue weighted by Gasteiger charge is -2.37. The van der Waals surface area contributed by atoms with Crippen molar-refractivity contribution < 1.29 is 14.3 Å².